The number of hydrogen-bond acceptors (Lipinski definition) is 3. The minimum absolute atomic E-state index is 0.276. The summed E-state index contributed by atoms with van der Waals surface area (Å²) in [6, 6.07) is 12.0. The molecule has 0 bridgehead atoms. The van der Waals surface area contributed by atoms with E-state index in [1.807, 2.05) is 30.3 Å². The minimum atomic E-state index is -0.506. The van der Waals surface area contributed by atoms with E-state index in [9.17, 15) is 5.11 Å². The van der Waals surface area contributed by atoms with E-state index in [4.69, 9.17) is 4.74 Å². The van der Waals surface area contributed by atoms with E-state index >= 15 is 0 Å². The number of rotatable bonds is 5. The fourth-order valence-electron chi connectivity index (χ4n) is 1.81. The van der Waals surface area contributed by atoms with Gasteiger partial charge in [-0.3, -0.25) is 0 Å². The van der Waals surface area contributed by atoms with Crippen LogP contribution in [0.3, 0.4) is 0 Å². The third-order valence-electron chi connectivity index (χ3n) is 2.70. The fourth-order valence-corrected chi connectivity index (χ4v) is 2.41. The van der Waals surface area contributed by atoms with Gasteiger partial charge in [0.15, 0.2) is 0 Å². The summed E-state index contributed by atoms with van der Waals surface area (Å²) in [5.74, 6) is 0.754. The molecule has 0 aromatic heterocycles. The van der Waals surface area contributed by atoms with Crippen LogP contribution in [0.4, 0.5) is 0 Å². The van der Waals surface area contributed by atoms with Crippen molar-refractivity contribution < 1.29 is 9.84 Å². The van der Waals surface area contributed by atoms with E-state index in [1.165, 1.54) is 0 Å². The van der Waals surface area contributed by atoms with Crippen molar-refractivity contribution in [1.29, 1.82) is 0 Å². The first-order valence-electron chi connectivity index (χ1n) is 5.85. The van der Waals surface area contributed by atoms with Crippen LogP contribution >= 0.6 is 15.9 Å². The zero-order chi connectivity index (χ0) is 13.0. The molecule has 0 radical (unpaired) electrons. The minimum Gasteiger partial charge on any atom is -0.490 e. The van der Waals surface area contributed by atoms with Crippen LogP contribution in [0.1, 0.15) is 0 Å². The summed E-state index contributed by atoms with van der Waals surface area (Å²) >= 11 is 3.55. The first-order valence-corrected chi connectivity index (χ1v) is 6.64. The molecule has 0 aliphatic heterocycles. The van der Waals surface area contributed by atoms with Gasteiger partial charge in [-0.15, -0.1) is 0 Å². The molecule has 2 aromatic rings. The molecule has 1 unspecified atom stereocenters. The average Bonchev–Trinajstić information content (AvgIpc) is 2.39. The summed E-state index contributed by atoms with van der Waals surface area (Å²) in [5.41, 5.74) is 0. The molecule has 0 heterocycles. The lowest BCUT2D eigenvalue weighted by atomic mass is 10.1. The molecule has 18 heavy (non-hydrogen) atoms. The first kappa shape index (κ1) is 13.3. The molecule has 0 fully saturated rings. The molecule has 96 valence electrons. The van der Waals surface area contributed by atoms with Crippen LogP contribution in [0, 0.1) is 0 Å². The second-order valence-electron chi connectivity index (χ2n) is 4.12. The van der Waals surface area contributed by atoms with Gasteiger partial charge in [0, 0.05) is 6.54 Å². The molecule has 0 aliphatic carbocycles. The van der Waals surface area contributed by atoms with E-state index in [0.717, 1.165) is 21.0 Å². The van der Waals surface area contributed by atoms with Crippen molar-refractivity contribution in [2.75, 3.05) is 20.2 Å². The van der Waals surface area contributed by atoms with Crippen molar-refractivity contribution in [3.8, 4) is 5.75 Å². The number of nitrogens with one attached hydrogen (secondary N) is 1. The van der Waals surface area contributed by atoms with Gasteiger partial charge in [-0.1, -0.05) is 30.3 Å². The van der Waals surface area contributed by atoms with Crippen molar-refractivity contribution >= 4 is 26.7 Å². The maximum absolute atomic E-state index is 9.61. The molecule has 2 aromatic carbocycles. The number of aliphatic hydroxyl groups excluding tert-OH is 1. The van der Waals surface area contributed by atoms with Gasteiger partial charge in [-0.25, -0.2) is 0 Å². The Hall–Kier alpha value is -1.10. The molecule has 0 amide bonds. The van der Waals surface area contributed by atoms with Crippen LogP contribution in [-0.4, -0.2) is 31.4 Å². The molecular weight excluding hydrogens is 294 g/mol. The lowest BCUT2D eigenvalue weighted by Crippen LogP contribution is -2.29. The van der Waals surface area contributed by atoms with Crippen LogP contribution in [-0.2, 0) is 0 Å². The van der Waals surface area contributed by atoms with Gasteiger partial charge < -0.3 is 15.2 Å². The Morgan fingerprint density at radius 3 is 2.83 bits per heavy atom. The molecule has 2 N–H and O–H groups in total. The third-order valence-corrected chi connectivity index (χ3v) is 3.52. The smallest absolute Gasteiger partial charge is 0.134 e. The standard InChI is InChI=1S/C14H16BrNO2/c1-16-8-11(17)9-18-13-7-6-10-4-2-3-5-12(10)14(13)15/h2-7,11,16-17H,8-9H2,1H3. The number of ether oxygens (including phenoxy) is 1. The Labute approximate surface area is 115 Å². The monoisotopic (exact) mass is 309 g/mol. The number of halogens is 1. The van der Waals surface area contributed by atoms with Crippen molar-refractivity contribution in [3.05, 3.63) is 40.9 Å². The molecule has 1 atom stereocenters. The van der Waals surface area contributed by atoms with Crippen molar-refractivity contribution in [2.45, 2.75) is 6.10 Å². The summed E-state index contributed by atoms with van der Waals surface area (Å²) in [5, 5.41) is 14.8. The topological polar surface area (TPSA) is 41.5 Å². The fraction of sp³-hybridized carbons (Fsp3) is 0.286. The summed E-state index contributed by atoms with van der Waals surface area (Å²) in [4.78, 5) is 0. The normalized spacial score (nSPS) is 12.6. The molecule has 0 saturated carbocycles. The maximum Gasteiger partial charge on any atom is 0.134 e. The number of fused-ring (bicyclic) bond motifs is 1. The second kappa shape index (κ2) is 6.18. The molecule has 0 saturated heterocycles. The lowest BCUT2D eigenvalue weighted by Gasteiger charge is -2.14. The van der Waals surface area contributed by atoms with Gasteiger partial charge in [0.25, 0.3) is 0 Å². The van der Waals surface area contributed by atoms with Gasteiger partial charge >= 0.3 is 0 Å². The first-order chi connectivity index (χ1) is 8.72. The van der Waals surface area contributed by atoms with Crippen LogP contribution in [0.25, 0.3) is 10.8 Å². The van der Waals surface area contributed by atoms with Crippen LogP contribution in [0.5, 0.6) is 5.75 Å². The van der Waals surface area contributed by atoms with Crippen molar-refractivity contribution in [1.82, 2.24) is 5.32 Å². The molecule has 3 nitrogen and oxygen atoms in total. The number of benzene rings is 2. The Morgan fingerprint density at radius 1 is 1.28 bits per heavy atom. The van der Waals surface area contributed by atoms with Gasteiger partial charge in [-0.05, 0) is 39.8 Å². The zero-order valence-corrected chi connectivity index (χ0v) is 11.8. The van der Waals surface area contributed by atoms with Gasteiger partial charge in [0.2, 0.25) is 0 Å². The Bertz CT molecular complexity index is 530. The zero-order valence-electron chi connectivity index (χ0n) is 10.2. The van der Waals surface area contributed by atoms with E-state index in [2.05, 4.69) is 27.3 Å². The maximum atomic E-state index is 9.61. The van der Waals surface area contributed by atoms with Crippen LogP contribution < -0.4 is 10.1 Å². The molecule has 0 aliphatic rings. The highest BCUT2D eigenvalue weighted by Crippen LogP contribution is 2.32. The molecule has 4 heteroatoms. The van der Waals surface area contributed by atoms with Gasteiger partial charge in [0.1, 0.15) is 18.5 Å². The van der Waals surface area contributed by atoms with E-state index in [0.29, 0.717) is 6.54 Å². The SMILES string of the molecule is CNCC(O)COc1ccc2ccccc2c1Br. The Kier molecular flexibility index (Phi) is 4.58. The number of aliphatic hydroxyl groups is 1. The lowest BCUT2D eigenvalue weighted by molar-refractivity contribution is 0.108. The molecule has 0 spiro atoms. The molecule has 2 rings (SSSR count). The highest BCUT2D eigenvalue weighted by molar-refractivity contribution is 9.10. The van der Waals surface area contributed by atoms with Crippen LogP contribution in [0.2, 0.25) is 0 Å². The van der Waals surface area contributed by atoms with E-state index in [1.54, 1.807) is 7.05 Å². The summed E-state index contributed by atoms with van der Waals surface area (Å²) < 4.78 is 6.55. The molecular formula is C14H16BrNO2. The van der Waals surface area contributed by atoms with Gasteiger partial charge in [0.05, 0.1) is 4.47 Å². The van der Waals surface area contributed by atoms with E-state index in [-0.39, 0.29) is 6.61 Å². The van der Waals surface area contributed by atoms with Crippen LogP contribution in [0.15, 0.2) is 40.9 Å². The Balaban J connectivity index is 2.16. The largest absolute Gasteiger partial charge is 0.490 e. The second-order valence-corrected chi connectivity index (χ2v) is 4.91. The Morgan fingerprint density at radius 2 is 2.06 bits per heavy atom. The average molecular weight is 310 g/mol. The number of hydrogen-bond donors (Lipinski definition) is 2. The predicted molar refractivity (Wildman–Crippen MR) is 77.1 cm³/mol. The van der Waals surface area contributed by atoms with Crippen molar-refractivity contribution in [3.63, 3.8) is 0 Å². The van der Waals surface area contributed by atoms with Crippen molar-refractivity contribution in [2.24, 2.45) is 0 Å². The summed E-state index contributed by atoms with van der Waals surface area (Å²) in [6.45, 7) is 0.795. The number of likely N-dealkylation sites (N-methyl/N-ethyl adjacent to an activating group) is 1. The van der Waals surface area contributed by atoms with Gasteiger partial charge in [-0.2, -0.15) is 0 Å². The summed E-state index contributed by atoms with van der Waals surface area (Å²) in [6.07, 6.45) is -0.506. The highest BCUT2D eigenvalue weighted by Gasteiger charge is 2.08. The van der Waals surface area contributed by atoms with E-state index < -0.39 is 6.10 Å². The summed E-state index contributed by atoms with van der Waals surface area (Å²) in [7, 11) is 1.80. The predicted octanol–water partition coefficient (Wildman–Crippen LogP) is 2.56. The third kappa shape index (κ3) is 3.02. The quantitative estimate of drug-likeness (QED) is 0.892. The highest BCUT2D eigenvalue weighted by atomic mass is 79.9.